The van der Waals surface area contributed by atoms with Gasteiger partial charge in [0.15, 0.2) is 11.4 Å². The van der Waals surface area contributed by atoms with Gasteiger partial charge in [0.25, 0.3) is 6.47 Å². The average Bonchev–Trinajstić information content (AvgIpc) is 3.07. The molecule has 3 aromatic heterocycles. The summed E-state index contributed by atoms with van der Waals surface area (Å²) in [6, 6.07) is 3.59. The lowest BCUT2D eigenvalue weighted by Crippen LogP contribution is -2.17. The number of hydrogen-bond donors (Lipinski definition) is 1. The molecule has 3 aromatic rings. The SMILES string of the molecule is CC(C)(C)OC=O.Clc1nc(-c2ccco2)c2[nH]cnc2n1. The van der Waals surface area contributed by atoms with Gasteiger partial charge in [-0.2, -0.15) is 4.98 Å². The number of aromatic amines is 1. The van der Waals surface area contributed by atoms with Gasteiger partial charge in [-0.25, -0.2) is 9.97 Å². The van der Waals surface area contributed by atoms with Crippen molar-refractivity contribution in [2.45, 2.75) is 26.4 Å². The number of aromatic nitrogens is 4. The van der Waals surface area contributed by atoms with Gasteiger partial charge in [0, 0.05) is 0 Å². The molecular formula is C14H15ClN4O3. The average molecular weight is 323 g/mol. The molecule has 3 rings (SSSR count). The van der Waals surface area contributed by atoms with E-state index in [-0.39, 0.29) is 10.9 Å². The fourth-order valence-electron chi connectivity index (χ4n) is 1.54. The molecule has 3 heterocycles. The van der Waals surface area contributed by atoms with Crippen LogP contribution in [0.25, 0.3) is 22.6 Å². The lowest BCUT2D eigenvalue weighted by molar-refractivity contribution is -0.138. The van der Waals surface area contributed by atoms with Crippen LogP contribution in [-0.2, 0) is 9.53 Å². The Bertz CT molecular complexity index is 747. The highest BCUT2D eigenvalue weighted by Crippen LogP contribution is 2.25. The number of carbonyl (C=O) groups excluding carboxylic acids is 1. The van der Waals surface area contributed by atoms with Crippen LogP contribution in [0.5, 0.6) is 0 Å². The van der Waals surface area contributed by atoms with E-state index in [0.717, 1.165) is 0 Å². The molecular weight excluding hydrogens is 308 g/mol. The molecule has 1 N–H and O–H groups in total. The van der Waals surface area contributed by atoms with Crippen molar-refractivity contribution in [1.29, 1.82) is 0 Å². The molecule has 0 spiro atoms. The van der Waals surface area contributed by atoms with E-state index in [1.165, 1.54) is 0 Å². The number of nitrogens with one attached hydrogen (secondary N) is 1. The second-order valence-corrected chi connectivity index (χ2v) is 5.58. The number of furan rings is 1. The first-order valence-corrected chi connectivity index (χ1v) is 6.80. The Kier molecular flexibility index (Phi) is 4.77. The quantitative estimate of drug-likeness (QED) is 0.575. The Labute approximate surface area is 131 Å². The van der Waals surface area contributed by atoms with Crippen molar-refractivity contribution in [3.05, 3.63) is 30.0 Å². The van der Waals surface area contributed by atoms with Crippen molar-refractivity contribution in [2.24, 2.45) is 0 Å². The van der Waals surface area contributed by atoms with Gasteiger partial charge in [0.2, 0.25) is 5.28 Å². The highest BCUT2D eigenvalue weighted by Gasteiger charge is 2.12. The van der Waals surface area contributed by atoms with Crippen LogP contribution >= 0.6 is 11.6 Å². The molecule has 0 amide bonds. The van der Waals surface area contributed by atoms with E-state index < -0.39 is 0 Å². The van der Waals surface area contributed by atoms with E-state index in [4.69, 9.17) is 16.0 Å². The summed E-state index contributed by atoms with van der Waals surface area (Å²) >= 11 is 5.78. The minimum Gasteiger partial charge on any atom is -0.463 e. The normalized spacial score (nSPS) is 10.9. The van der Waals surface area contributed by atoms with Gasteiger partial charge >= 0.3 is 0 Å². The maximum atomic E-state index is 9.60. The van der Waals surface area contributed by atoms with Gasteiger partial charge < -0.3 is 14.1 Å². The van der Waals surface area contributed by atoms with Crippen LogP contribution in [-0.4, -0.2) is 32.0 Å². The molecule has 0 saturated carbocycles. The molecule has 22 heavy (non-hydrogen) atoms. The molecule has 0 atom stereocenters. The van der Waals surface area contributed by atoms with Crippen molar-refractivity contribution < 1.29 is 13.9 Å². The van der Waals surface area contributed by atoms with Crippen LogP contribution < -0.4 is 0 Å². The summed E-state index contributed by atoms with van der Waals surface area (Å²) < 4.78 is 9.80. The molecule has 116 valence electrons. The Balaban J connectivity index is 0.000000217. The molecule has 7 nitrogen and oxygen atoms in total. The summed E-state index contributed by atoms with van der Waals surface area (Å²) in [7, 11) is 0. The second kappa shape index (κ2) is 6.57. The predicted octanol–water partition coefficient (Wildman–Crippen LogP) is 3.22. The predicted molar refractivity (Wildman–Crippen MR) is 81.3 cm³/mol. The van der Waals surface area contributed by atoms with Crippen LogP contribution in [0.3, 0.4) is 0 Å². The minimum atomic E-state index is -0.318. The summed E-state index contributed by atoms with van der Waals surface area (Å²) in [5.74, 6) is 0.633. The van der Waals surface area contributed by atoms with Gasteiger partial charge in [-0.3, -0.25) is 4.79 Å². The molecule has 0 aliphatic heterocycles. The number of halogens is 1. The zero-order valence-corrected chi connectivity index (χ0v) is 13.1. The van der Waals surface area contributed by atoms with E-state index in [9.17, 15) is 4.79 Å². The highest BCUT2D eigenvalue weighted by atomic mass is 35.5. The van der Waals surface area contributed by atoms with Crippen molar-refractivity contribution in [1.82, 2.24) is 19.9 Å². The third-order valence-corrected chi connectivity index (χ3v) is 2.58. The van der Waals surface area contributed by atoms with Crippen molar-refractivity contribution in [3.8, 4) is 11.5 Å². The van der Waals surface area contributed by atoms with Gasteiger partial charge in [0.1, 0.15) is 16.8 Å². The second-order valence-electron chi connectivity index (χ2n) is 5.25. The van der Waals surface area contributed by atoms with Crippen molar-refractivity contribution in [2.75, 3.05) is 0 Å². The summed E-state index contributed by atoms with van der Waals surface area (Å²) in [4.78, 5) is 24.6. The number of nitrogens with zero attached hydrogens (tertiary/aromatic N) is 3. The Morgan fingerprint density at radius 2 is 2.14 bits per heavy atom. The number of fused-ring (bicyclic) bond motifs is 1. The van der Waals surface area contributed by atoms with Crippen LogP contribution in [0.1, 0.15) is 20.8 Å². The molecule has 0 fully saturated rings. The maximum absolute atomic E-state index is 9.60. The van der Waals surface area contributed by atoms with E-state index in [0.29, 0.717) is 29.1 Å². The van der Waals surface area contributed by atoms with Gasteiger partial charge in [-0.15, -0.1) is 0 Å². The first-order chi connectivity index (χ1) is 10.4. The number of carbonyl (C=O) groups is 1. The molecule has 0 radical (unpaired) electrons. The van der Waals surface area contributed by atoms with Crippen LogP contribution in [0.15, 0.2) is 29.1 Å². The Morgan fingerprint density at radius 1 is 1.36 bits per heavy atom. The van der Waals surface area contributed by atoms with Gasteiger partial charge in [0.05, 0.1) is 12.6 Å². The van der Waals surface area contributed by atoms with Crippen molar-refractivity contribution in [3.63, 3.8) is 0 Å². The fourth-order valence-corrected chi connectivity index (χ4v) is 1.71. The summed E-state index contributed by atoms with van der Waals surface area (Å²) in [6.45, 7) is 5.92. The lowest BCUT2D eigenvalue weighted by atomic mass is 10.2. The third kappa shape index (κ3) is 4.05. The van der Waals surface area contributed by atoms with Crippen LogP contribution in [0.4, 0.5) is 0 Å². The van der Waals surface area contributed by atoms with E-state index in [2.05, 4.69) is 24.7 Å². The standard InChI is InChI=1S/C9H5ClN4O.C5H10O2/c10-9-13-6(5-2-1-3-15-5)7-8(14-9)12-4-11-7;1-5(2,3)7-4-6/h1-4H,(H,11,12,13,14);4H,1-3H3. The molecule has 0 saturated heterocycles. The van der Waals surface area contributed by atoms with E-state index in [1.807, 2.05) is 20.8 Å². The number of hydrogen-bond acceptors (Lipinski definition) is 6. The summed E-state index contributed by atoms with van der Waals surface area (Å²) in [6.07, 6.45) is 3.12. The largest absolute Gasteiger partial charge is 0.463 e. The number of ether oxygens (including phenoxy) is 1. The molecule has 8 heteroatoms. The highest BCUT2D eigenvalue weighted by molar-refractivity contribution is 6.28. The molecule has 0 unspecified atom stereocenters. The molecule has 0 aliphatic rings. The first kappa shape index (κ1) is 16.0. The first-order valence-electron chi connectivity index (χ1n) is 6.42. The number of imidazole rings is 1. The fraction of sp³-hybridized carbons (Fsp3) is 0.286. The number of H-pyrrole nitrogens is 1. The molecule has 0 aromatic carbocycles. The summed E-state index contributed by atoms with van der Waals surface area (Å²) in [5, 5.41) is 0.154. The van der Waals surface area contributed by atoms with Gasteiger partial charge in [-0.1, -0.05) is 0 Å². The number of rotatable bonds is 2. The Hall–Kier alpha value is -2.41. The zero-order valence-electron chi connectivity index (χ0n) is 12.3. The molecule has 0 bridgehead atoms. The summed E-state index contributed by atoms with van der Waals surface area (Å²) in [5.41, 5.74) is 1.55. The Morgan fingerprint density at radius 3 is 2.68 bits per heavy atom. The minimum absolute atomic E-state index is 0.154. The van der Waals surface area contributed by atoms with Crippen LogP contribution in [0, 0.1) is 0 Å². The topological polar surface area (TPSA) is 93.9 Å². The van der Waals surface area contributed by atoms with E-state index in [1.54, 1.807) is 24.7 Å². The van der Waals surface area contributed by atoms with E-state index >= 15 is 0 Å². The lowest BCUT2D eigenvalue weighted by Gasteiger charge is -2.14. The van der Waals surface area contributed by atoms with Crippen molar-refractivity contribution >= 4 is 29.2 Å². The van der Waals surface area contributed by atoms with Gasteiger partial charge in [-0.05, 0) is 44.5 Å². The molecule has 0 aliphatic carbocycles. The van der Waals surface area contributed by atoms with Crippen LogP contribution in [0.2, 0.25) is 5.28 Å². The smallest absolute Gasteiger partial charge is 0.293 e. The monoisotopic (exact) mass is 322 g/mol. The third-order valence-electron chi connectivity index (χ3n) is 2.41. The maximum Gasteiger partial charge on any atom is 0.293 e. The zero-order chi connectivity index (χ0) is 16.2.